The molecule has 1 aromatic carbocycles. The van der Waals surface area contributed by atoms with Crippen LogP contribution in [0.15, 0.2) is 29.2 Å². The maximum absolute atomic E-state index is 11.8. The molecule has 0 heterocycles. The highest BCUT2D eigenvalue weighted by molar-refractivity contribution is 7.90. The highest BCUT2D eigenvalue weighted by Crippen LogP contribution is 2.28. The number of nitrogens with one attached hydrogen (secondary N) is 1. The lowest BCUT2D eigenvalue weighted by atomic mass is 10.4. The van der Waals surface area contributed by atoms with Gasteiger partial charge in [0.2, 0.25) is 0 Å². The Balaban J connectivity index is 1.88. The van der Waals surface area contributed by atoms with E-state index in [2.05, 4.69) is 0 Å². The third-order valence-corrected chi connectivity index (χ3v) is 4.30. The molecule has 0 spiro atoms. The second kappa shape index (κ2) is 5.90. The number of amides is 1. The standard InChI is InChI=1S/C12H14ClNO4S/c13-10-3-5-11(6-4-10)19(16,17)14-12(15)8-18-7-9-1-2-9/h3-6,9H,1-2,7-8H2,(H,14,15). The van der Waals surface area contributed by atoms with E-state index in [-0.39, 0.29) is 11.5 Å². The average Bonchev–Trinajstić information content (AvgIpc) is 3.13. The van der Waals surface area contributed by atoms with E-state index in [9.17, 15) is 13.2 Å². The summed E-state index contributed by atoms with van der Waals surface area (Å²) >= 11 is 5.67. The van der Waals surface area contributed by atoms with Crippen molar-refractivity contribution in [1.29, 1.82) is 0 Å². The Kier molecular flexibility index (Phi) is 4.44. The Labute approximate surface area is 117 Å². The quantitative estimate of drug-likeness (QED) is 0.866. The van der Waals surface area contributed by atoms with Crippen molar-refractivity contribution in [3.8, 4) is 0 Å². The van der Waals surface area contributed by atoms with Crippen LogP contribution >= 0.6 is 11.6 Å². The Hall–Kier alpha value is -1.11. The zero-order valence-corrected chi connectivity index (χ0v) is 11.7. The number of hydrogen-bond donors (Lipinski definition) is 1. The average molecular weight is 304 g/mol. The molecule has 2 rings (SSSR count). The van der Waals surface area contributed by atoms with Gasteiger partial charge in [0, 0.05) is 5.02 Å². The van der Waals surface area contributed by atoms with Gasteiger partial charge in [-0.05, 0) is 43.0 Å². The number of carbonyl (C=O) groups excluding carboxylic acids is 1. The minimum absolute atomic E-state index is 0.00700. The van der Waals surface area contributed by atoms with Crippen LogP contribution in [0.4, 0.5) is 0 Å². The van der Waals surface area contributed by atoms with Crippen LogP contribution < -0.4 is 4.72 Å². The summed E-state index contributed by atoms with van der Waals surface area (Å²) in [5.41, 5.74) is 0. The van der Waals surface area contributed by atoms with Gasteiger partial charge in [0.05, 0.1) is 11.5 Å². The van der Waals surface area contributed by atoms with Gasteiger partial charge in [-0.3, -0.25) is 4.79 Å². The van der Waals surface area contributed by atoms with Crippen LogP contribution in [0.2, 0.25) is 5.02 Å². The Morgan fingerprint density at radius 2 is 1.95 bits per heavy atom. The molecule has 0 radical (unpaired) electrons. The van der Waals surface area contributed by atoms with Crippen LogP contribution in [0.25, 0.3) is 0 Å². The van der Waals surface area contributed by atoms with E-state index in [0.29, 0.717) is 17.5 Å². The van der Waals surface area contributed by atoms with Crippen LogP contribution in [0.5, 0.6) is 0 Å². The number of sulfonamides is 1. The molecule has 1 N–H and O–H groups in total. The molecule has 0 bridgehead atoms. The highest BCUT2D eigenvalue weighted by atomic mass is 35.5. The summed E-state index contributed by atoms with van der Waals surface area (Å²) in [5, 5.41) is 0.429. The lowest BCUT2D eigenvalue weighted by molar-refractivity contribution is -0.124. The van der Waals surface area contributed by atoms with Crippen molar-refractivity contribution in [3.05, 3.63) is 29.3 Å². The van der Waals surface area contributed by atoms with E-state index in [1.165, 1.54) is 24.3 Å². The van der Waals surface area contributed by atoms with Gasteiger partial charge >= 0.3 is 0 Å². The molecule has 0 saturated heterocycles. The minimum Gasteiger partial charge on any atom is -0.371 e. The third-order valence-electron chi connectivity index (χ3n) is 2.66. The van der Waals surface area contributed by atoms with Crippen molar-refractivity contribution in [3.63, 3.8) is 0 Å². The fourth-order valence-electron chi connectivity index (χ4n) is 1.45. The maximum Gasteiger partial charge on any atom is 0.264 e. The number of carbonyl (C=O) groups is 1. The molecule has 1 aliphatic rings. The predicted octanol–water partition coefficient (Wildman–Crippen LogP) is 1.57. The second-order valence-electron chi connectivity index (χ2n) is 4.44. The van der Waals surface area contributed by atoms with Gasteiger partial charge in [-0.1, -0.05) is 11.6 Å². The first-order chi connectivity index (χ1) is 8.97. The zero-order chi connectivity index (χ0) is 13.9. The van der Waals surface area contributed by atoms with E-state index >= 15 is 0 Å². The topological polar surface area (TPSA) is 72.5 Å². The molecular weight excluding hydrogens is 290 g/mol. The SMILES string of the molecule is O=C(COCC1CC1)NS(=O)(=O)c1ccc(Cl)cc1. The van der Waals surface area contributed by atoms with E-state index in [1.807, 2.05) is 4.72 Å². The van der Waals surface area contributed by atoms with Gasteiger partial charge in [-0.2, -0.15) is 0 Å². The molecule has 104 valence electrons. The van der Waals surface area contributed by atoms with Crippen molar-refractivity contribution in [1.82, 2.24) is 4.72 Å². The number of hydrogen-bond acceptors (Lipinski definition) is 4. The molecule has 1 saturated carbocycles. The molecule has 5 nitrogen and oxygen atoms in total. The molecule has 7 heteroatoms. The summed E-state index contributed by atoms with van der Waals surface area (Å²) in [6, 6.07) is 5.57. The third kappa shape index (κ3) is 4.49. The molecule has 0 atom stereocenters. The summed E-state index contributed by atoms with van der Waals surface area (Å²) in [4.78, 5) is 11.5. The monoisotopic (exact) mass is 303 g/mol. The Morgan fingerprint density at radius 3 is 2.53 bits per heavy atom. The van der Waals surface area contributed by atoms with Crippen molar-refractivity contribution in [2.75, 3.05) is 13.2 Å². The molecule has 0 aromatic heterocycles. The fraction of sp³-hybridized carbons (Fsp3) is 0.417. The number of rotatable bonds is 6. The largest absolute Gasteiger partial charge is 0.371 e. The van der Waals surface area contributed by atoms with Crippen LogP contribution in [0, 0.1) is 5.92 Å². The normalized spacial score (nSPS) is 15.2. The van der Waals surface area contributed by atoms with Gasteiger partial charge < -0.3 is 4.74 Å². The van der Waals surface area contributed by atoms with Crippen LogP contribution in [-0.2, 0) is 19.6 Å². The molecule has 1 aliphatic carbocycles. The number of ether oxygens (including phenoxy) is 1. The Bertz CT molecular complexity index is 552. The Morgan fingerprint density at radius 1 is 1.32 bits per heavy atom. The molecule has 1 fully saturated rings. The first kappa shape index (κ1) is 14.3. The number of benzene rings is 1. The van der Waals surface area contributed by atoms with E-state index in [1.54, 1.807) is 0 Å². The molecular formula is C12H14ClNO4S. The maximum atomic E-state index is 11.8. The van der Waals surface area contributed by atoms with Crippen molar-refractivity contribution >= 4 is 27.5 Å². The smallest absolute Gasteiger partial charge is 0.264 e. The van der Waals surface area contributed by atoms with Gasteiger partial charge in [-0.25, -0.2) is 13.1 Å². The zero-order valence-electron chi connectivity index (χ0n) is 10.1. The van der Waals surface area contributed by atoms with E-state index < -0.39 is 15.9 Å². The summed E-state index contributed by atoms with van der Waals surface area (Å²) < 4.78 is 30.7. The predicted molar refractivity (Wildman–Crippen MR) is 70.3 cm³/mol. The molecule has 1 aromatic rings. The van der Waals surface area contributed by atoms with Crippen LogP contribution in [-0.4, -0.2) is 27.5 Å². The van der Waals surface area contributed by atoms with E-state index in [0.717, 1.165) is 12.8 Å². The lowest BCUT2D eigenvalue weighted by Crippen LogP contribution is -2.33. The lowest BCUT2D eigenvalue weighted by Gasteiger charge is -2.07. The van der Waals surface area contributed by atoms with Crippen molar-refractivity contribution < 1.29 is 17.9 Å². The summed E-state index contributed by atoms with van der Waals surface area (Å²) in [6.07, 6.45) is 2.23. The highest BCUT2D eigenvalue weighted by Gasteiger charge is 2.22. The van der Waals surface area contributed by atoms with Gasteiger partial charge in [0.1, 0.15) is 6.61 Å². The first-order valence-corrected chi connectivity index (χ1v) is 7.72. The summed E-state index contributed by atoms with van der Waals surface area (Å²) in [6.45, 7) is 0.262. The molecule has 1 amide bonds. The van der Waals surface area contributed by atoms with Crippen molar-refractivity contribution in [2.45, 2.75) is 17.7 Å². The molecule has 0 unspecified atom stereocenters. The number of halogens is 1. The van der Waals surface area contributed by atoms with Crippen molar-refractivity contribution in [2.24, 2.45) is 5.92 Å². The summed E-state index contributed by atoms with van der Waals surface area (Å²) in [7, 11) is -3.85. The van der Waals surface area contributed by atoms with Crippen LogP contribution in [0.1, 0.15) is 12.8 Å². The van der Waals surface area contributed by atoms with Gasteiger partial charge in [0.25, 0.3) is 15.9 Å². The van der Waals surface area contributed by atoms with Crippen LogP contribution in [0.3, 0.4) is 0 Å². The van der Waals surface area contributed by atoms with Gasteiger partial charge in [0.15, 0.2) is 0 Å². The first-order valence-electron chi connectivity index (χ1n) is 5.86. The van der Waals surface area contributed by atoms with E-state index in [4.69, 9.17) is 16.3 Å². The molecule has 0 aliphatic heterocycles. The second-order valence-corrected chi connectivity index (χ2v) is 6.56. The fourth-order valence-corrected chi connectivity index (χ4v) is 2.55. The summed E-state index contributed by atoms with van der Waals surface area (Å²) in [5.74, 6) is -0.142. The van der Waals surface area contributed by atoms with Gasteiger partial charge in [-0.15, -0.1) is 0 Å². The molecule has 19 heavy (non-hydrogen) atoms. The minimum atomic E-state index is -3.85.